The van der Waals surface area contributed by atoms with Crippen LogP contribution in [0, 0.1) is 5.82 Å². The molecule has 0 saturated heterocycles. The van der Waals surface area contributed by atoms with Gasteiger partial charge in [-0.1, -0.05) is 6.07 Å². The zero-order valence-electron chi connectivity index (χ0n) is 10.3. The molecule has 3 nitrogen and oxygen atoms in total. The minimum Gasteiger partial charge on any atom is -0.355 e. The summed E-state index contributed by atoms with van der Waals surface area (Å²) in [4.78, 5) is 10.6. The molecule has 0 atom stereocenters. The fourth-order valence-corrected chi connectivity index (χ4v) is 1.46. The summed E-state index contributed by atoms with van der Waals surface area (Å²) in [5.41, 5.74) is -0.940. The summed E-state index contributed by atoms with van der Waals surface area (Å²) in [7, 11) is 0. The molecule has 1 rings (SSSR count). The van der Waals surface area contributed by atoms with Crippen molar-refractivity contribution in [3.8, 4) is 0 Å². The molecular formula is C12H14F4N2O. The largest absolute Gasteiger partial charge is 0.419 e. The molecule has 0 aliphatic rings. The van der Waals surface area contributed by atoms with E-state index < -0.39 is 17.6 Å². The summed E-state index contributed by atoms with van der Waals surface area (Å²) in [6.07, 6.45) is -4.70. The van der Waals surface area contributed by atoms with Gasteiger partial charge in [-0.25, -0.2) is 4.39 Å². The maximum Gasteiger partial charge on any atom is 0.419 e. The van der Waals surface area contributed by atoms with Gasteiger partial charge in [0.05, 0.1) is 5.56 Å². The Morgan fingerprint density at radius 3 is 2.53 bits per heavy atom. The lowest BCUT2D eigenvalue weighted by Crippen LogP contribution is -2.29. The maximum atomic E-state index is 13.0. The van der Waals surface area contributed by atoms with E-state index in [1.807, 2.05) is 0 Å². The van der Waals surface area contributed by atoms with Gasteiger partial charge in [0.25, 0.3) is 0 Å². The third-order valence-corrected chi connectivity index (χ3v) is 2.34. The molecule has 0 spiro atoms. The molecule has 0 aliphatic heterocycles. The molecule has 2 N–H and O–H groups in total. The Morgan fingerprint density at radius 2 is 1.95 bits per heavy atom. The molecule has 0 saturated carbocycles. The normalized spacial score (nSPS) is 11.4. The molecule has 1 aromatic carbocycles. The number of rotatable bonds is 5. The van der Waals surface area contributed by atoms with Crippen molar-refractivity contribution in [1.82, 2.24) is 10.6 Å². The van der Waals surface area contributed by atoms with Crippen LogP contribution < -0.4 is 10.6 Å². The van der Waals surface area contributed by atoms with Crippen LogP contribution in [0.3, 0.4) is 0 Å². The van der Waals surface area contributed by atoms with Crippen LogP contribution in [-0.4, -0.2) is 19.0 Å². The van der Waals surface area contributed by atoms with Gasteiger partial charge >= 0.3 is 6.18 Å². The second-order valence-corrected chi connectivity index (χ2v) is 3.97. The van der Waals surface area contributed by atoms with Crippen molar-refractivity contribution in [2.45, 2.75) is 19.6 Å². The van der Waals surface area contributed by atoms with Gasteiger partial charge in [-0.15, -0.1) is 0 Å². The van der Waals surface area contributed by atoms with Crippen LogP contribution >= 0.6 is 0 Å². The number of carbonyl (C=O) groups excluding carboxylic acids is 1. The first-order valence-electron chi connectivity index (χ1n) is 5.61. The Labute approximate surface area is 108 Å². The van der Waals surface area contributed by atoms with E-state index in [0.717, 1.165) is 12.1 Å². The Hall–Kier alpha value is -1.63. The van der Waals surface area contributed by atoms with Crippen LogP contribution in [0.5, 0.6) is 0 Å². The fourth-order valence-electron chi connectivity index (χ4n) is 1.46. The van der Waals surface area contributed by atoms with Crippen LogP contribution in [0.2, 0.25) is 0 Å². The highest BCUT2D eigenvalue weighted by atomic mass is 19.4. The second kappa shape index (κ2) is 6.51. The Morgan fingerprint density at radius 1 is 1.26 bits per heavy atom. The lowest BCUT2D eigenvalue weighted by atomic mass is 10.1. The lowest BCUT2D eigenvalue weighted by Gasteiger charge is -2.11. The monoisotopic (exact) mass is 278 g/mol. The number of hydrogen-bond acceptors (Lipinski definition) is 2. The Kier molecular flexibility index (Phi) is 5.29. The molecule has 106 valence electrons. The third kappa shape index (κ3) is 5.25. The number of benzene rings is 1. The average Bonchev–Trinajstić information content (AvgIpc) is 2.28. The highest BCUT2D eigenvalue weighted by Gasteiger charge is 2.34. The molecule has 0 heterocycles. The zero-order chi connectivity index (χ0) is 14.5. The van der Waals surface area contributed by atoms with E-state index >= 15 is 0 Å². The van der Waals surface area contributed by atoms with Gasteiger partial charge in [-0.05, 0) is 17.7 Å². The number of halogens is 4. The number of alkyl halides is 3. The predicted octanol–water partition coefficient (Wildman–Crippen LogP) is 2.07. The summed E-state index contributed by atoms with van der Waals surface area (Å²) in [5, 5.41) is 5.39. The van der Waals surface area contributed by atoms with Gasteiger partial charge in [0.15, 0.2) is 0 Å². The molecule has 0 bridgehead atoms. The van der Waals surface area contributed by atoms with Crippen LogP contribution in [-0.2, 0) is 17.5 Å². The Balaban J connectivity index is 2.53. The van der Waals surface area contributed by atoms with E-state index in [1.54, 1.807) is 0 Å². The standard InChI is InChI=1S/C12H14F4N2O/c1-8(19)18-5-4-17-7-9-2-3-11(13)10(6-9)12(14,15)16/h2-3,6,17H,4-5,7H2,1H3,(H,18,19). The number of carbonyl (C=O) groups is 1. The van der Waals surface area contributed by atoms with Crippen molar-refractivity contribution in [3.63, 3.8) is 0 Å². The van der Waals surface area contributed by atoms with Gasteiger partial charge in [0.2, 0.25) is 5.91 Å². The molecule has 19 heavy (non-hydrogen) atoms. The van der Waals surface area contributed by atoms with Crippen molar-refractivity contribution in [2.24, 2.45) is 0 Å². The molecule has 0 fully saturated rings. The van der Waals surface area contributed by atoms with E-state index in [4.69, 9.17) is 0 Å². The first-order valence-corrected chi connectivity index (χ1v) is 5.61. The summed E-state index contributed by atoms with van der Waals surface area (Å²) in [6, 6.07) is 2.87. The van der Waals surface area contributed by atoms with Gasteiger partial charge < -0.3 is 10.6 Å². The smallest absolute Gasteiger partial charge is 0.355 e. The average molecular weight is 278 g/mol. The predicted molar refractivity (Wildman–Crippen MR) is 61.8 cm³/mol. The fraction of sp³-hybridized carbons (Fsp3) is 0.417. The topological polar surface area (TPSA) is 41.1 Å². The van der Waals surface area contributed by atoms with E-state index in [1.165, 1.54) is 13.0 Å². The van der Waals surface area contributed by atoms with Gasteiger partial charge in [0.1, 0.15) is 5.82 Å². The molecule has 1 aromatic rings. The molecule has 0 aliphatic carbocycles. The SMILES string of the molecule is CC(=O)NCCNCc1ccc(F)c(C(F)(F)F)c1. The Bertz CT molecular complexity index is 446. The minimum absolute atomic E-state index is 0.170. The number of nitrogens with one attached hydrogen (secondary N) is 2. The van der Waals surface area contributed by atoms with E-state index in [2.05, 4.69) is 10.6 Å². The number of hydrogen-bond donors (Lipinski definition) is 2. The molecule has 7 heteroatoms. The number of amides is 1. The van der Waals surface area contributed by atoms with E-state index in [9.17, 15) is 22.4 Å². The van der Waals surface area contributed by atoms with Crippen LogP contribution in [0.1, 0.15) is 18.1 Å². The van der Waals surface area contributed by atoms with E-state index in [0.29, 0.717) is 18.7 Å². The second-order valence-electron chi connectivity index (χ2n) is 3.97. The summed E-state index contributed by atoms with van der Waals surface area (Å²) in [6.45, 7) is 2.33. The first-order chi connectivity index (χ1) is 8.80. The molecule has 0 unspecified atom stereocenters. The summed E-state index contributed by atoms with van der Waals surface area (Å²) >= 11 is 0. The van der Waals surface area contributed by atoms with Crippen molar-refractivity contribution < 1.29 is 22.4 Å². The lowest BCUT2D eigenvalue weighted by molar-refractivity contribution is -0.140. The molecule has 1 amide bonds. The van der Waals surface area contributed by atoms with Crippen molar-refractivity contribution in [2.75, 3.05) is 13.1 Å². The molecular weight excluding hydrogens is 264 g/mol. The van der Waals surface area contributed by atoms with Crippen molar-refractivity contribution in [3.05, 3.63) is 35.1 Å². The minimum atomic E-state index is -4.70. The summed E-state index contributed by atoms with van der Waals surface area (Å²) < 4.78 is 50.4. The molecule has 0 aromatic heterocycles. The quantitative estimate of drug-likeness (QED) is 0.639. The van der Waals surface area contributed by atoms with Gasteiger partial charge in [-0.2, -0.15) is 13.2 Å². The van der Waals surface area contributed by atoms with Crippen LogP contribution in [0.25, 0.3) is 0 Å². The van der Waals surface area contributed by atoms with Gasteiger partial charge in [-0.3, -0.25) is 4.79 Å². The zero-order valence-corrected chi connectivity index (χ0v) is 10.3. The van der Waals surface area contributed by atoms with Crippen LogP contribution in [0.4, 0.5) is 17.6 Å². The van der Waals surface area contributed by atoms with Crippen molar-refractivity contribution in [1.29, 1.82) is 0 Å². The summed E-state index contributed by atoms with van der Waals surface area (Å²) in [5.74, 6) is -1.46. The highest BCUT2D eigenvalue weighted by Crippen LogP contribution is 2.31. The highest BCUT2D eigenvalue weighted by molar-refractivity contribution is 5.72. The maximum absolute atomic E-state index is 13.0. The van der Waals surface area contributed by atoms with Crippen molar-refractivity contribution >= 4 is 5.91 Å². The van der Waals surface area contributed by atoms with E-state index in [-0.39, 0.29) is 12.5 Å². The van der Waals surface area contributed by atoms with Crippen LogP contribution in [0.15, 0.2) is 18.2 Å². The third-order valence-electron chi connectivity index (χ3n) is 2.34. The first kappa shape index (κ1) is 15.4. The van der Waals surface area contributed by atoms with Gasteiger partial charge in [0, 0.05) is 26.6 Å². The molecule has 0 radical (unpaired) electrons.